The highest BCUT2D eigenvalue weighted by molar-refractivity contribution is 4.88. The molecule has 0 amide bonds. The Morgan fingerprint density at radius 3 is 2.24 bits per heavy atom. The predicted molar refractivity (Wildman–Crippen MR) is 75.3 cm³/mol. The van der Waals surface area contributed by atoms with Crippen molar-refractivity contribution in [3.63, 3.8) is 0 Å². The third-order valence-corrected chi connectivity index (χ3v) is 3.09. The van der Waals surface area contributed by atoms with E-state index >= 15 is 0 Å². The fourth-order valence-corrected chi connectivity index (χ4v) is 2.04. The van der Waals surface area contributed by atoms with E-state index in [1.54, 1.807) is 0 Å². The van der Waals surface area contributed by atoms with Crippen molar-refractivity contribution >= 4 is 0 Å². The standard InChI is InChI=1S/C14H32N2O/c1-7-14(6,16-13(3,4)5)9-11-17-12(2)8-10-15/h12,16H,7-11,15H2,1-6H3. The summed E-state index contributed by atoms with van der Waals surface area (Å²) in [6.07, 6.45) is 3.36. The van der Waals surface area contributed by atoms with Crippen molar-refractivity contribution in [2.75, 3.05) is 13.2 Å². The van der Waals surface area contributed by atoms with Crippen molar-refractivity contribution in [1.82, 2.24) is 5.32 Å². The van der Waals surface area contributed by atoms with Crippen LogP contribution in [0.15, 0.2) is 0 Å². The molecule has 0 radical (unpaired) electrons. The first-order valence-corrected chi connectivity index (χ1v) is 6.83. The van der Waals surface area contributed by atoms with Gasteiger partial charge in [0.1, 0.15) is 0 Å². The first kappa shape index (κ1) is 16.9. The number of nitrogens with two attached hydrogens (primary N) is 1. The highest BCUT2D eigenvalue weighted by atomic mass is 16.5. The van der Waals surface area contributed by atoms with Crippen molar-refractivity contribution < 1.29 is 4.74 Å². The number of nitrogens with one attached hydrogen (secondary N) is 1. The van der Waals surface area contributed by atoms with E-state index in [2.05, 4.69) is 46.9 Å². The second-order valence-electron chi connectivity index (χ2n) is 6.30. The van der Waals surface area contributed by atoms with Crippen LogP contribution in [0.1, 0.15) is 60.8 Å². The van der Waals surface area contributed by atoms with Crippen molar-refractivity contribution in [3.05, 3.63) is 0 Å². The molecule has 17 heavy (non-hydrogen) atoms. The Balaban J connectivity index is 4.04. The summed E-state index contributed by atoms with van der Waals surface area (Å²) in [4.78, 5) is 0. The molecular formula is C14H32N2O. The Bertz CT molecular complexity index is 201. The number of hydrogen-bond donors (Lipinski definition) is 2. The van der Waals surface area contributed by atoms with Gasteiger partial charge >= 0.3 is 0 Å². The van der Waals surface area contributed by atoms with Gasteiger partial charge in [-0.2, -0.15) is 0 Å². The zero-order valence-corrected chi connectivity index (χ0v) is 12.6. The topological polar surface area (TPSA) is 47.3 Å². The van der Waals surface area contributed by atoms with E-state index < -0.39 is 0 Å². The van der Waals surface area contributed by atoms with E-state index in [-0.39, 0.29) is 17.2 Å². The van der Waals surface area contributed by atoms with Gasteiger partial charge in [-0.25, -0.2) is 0 Å². The minimum atomic E-state index is 0.146. The fraction of sp³-hybridized carbons (Fsp3) is 1.00. The monoisotopic (exact) mass is 244 g/mol. The second kappa shape index (κ2) is 7.34. The molecule has 2 unspecified atom stereocenters. The van der Waals surface area contributed by atoms with Crippen LogP contribution in [0.3, 0.4) is 0 Å². The molecule has 0 aliphatic heterocycles. The van der Waals surface area contributed by atoms with Gasteiger partial charge in [-0.15, -0.1) is 0 Å². The first-order valence-electron chi connectivity index (χ1n) is 6.83. The molecule has 104 valence electrons. The largest absolute Gasteiger partial charge is 0.378 e. The summed E-state index contributed by atoms with van der Waals surface area (Å²) in [5.74, 6) is 0. The summed E-state index contributed by atoms with van der Waals surface area (Å²) in [5, 5.41) is 3.68. The molecule has 0 aliphatic carbocycles. The number of hydrogen-bond acceptors (Lipinski definition) is 3. The molecule has 0 fully saturated rings. The maximum Gasteiger partial charge on any atom is 0.0559 e. The molecule has 0 aromatic heterocycles. The Morgan fingerprint density at radius 2 is 1.82 bits per heavy atom. The minimum absolute atomic E-state index is 0.146. The van der Waals surface area contributed by atoms with Crippen LogP contribution in [0.2, 0.25) is 0 Å². The van der Waals surface area contributed by atoms with Crippen LogP contribution in [0.4, 0.5) is 0 Å². The highest BCUT2D eigenvalue weighted by Crippen LogP contribution is 2.19. The van der Waals surface area contributed by atoms with Gasteiger partial charge in [0.15, 0.2) is 0 Å². The van der Waals surface area contributed by atoms with Crippen molar-refractivity contribution in [3.8, 4) is 0 Å². The van der Waals surface area contributed by atoms with Crippen LogP contribution in [0.25, 0.3) is 0 Å². The van der Waals surface area contributed by atoms with E-state index in [1.165, 1.54) is 0 Å². The summed E-state index contributed by atoms with van der Waals surface area (Å²) in [6, 6.07) is 0. The molecule has 3 N–H and O–H groups in total. The highest BCUT2D eigenvalue weighted by Gasteiger charge is 2.26. The zero-order chi connectivity index (χ0) is 13.5. The van der Waals surface area contributed by atoms with Gasteiger partial charge in [0.05, 0.1) is 6.10 Å². The molecule has 0 aromatic rings. The summed E-state index contributed by atoms with van der Waals surface area (Å²) >= 11 is 0. The molecule has 0 aromatic carbocycles. The van der Waals surface area contributed by atoms with Crippen LogP contribution >= 0.6 is 0 Å². The van der Waals surface area contributed by atoms with Gasteiger partial charge in [-0.3, -0.25) is 0 Å². The SMILES string of the molecule is CCC(C)(CCOC(C)CCN)NC(C)(C)C. The molecule has 0 aliphatic rings. The van der Waals surface area contributed by atoms with E-state index in [4.69, 9.17) is 10.5 Å². The summed E-state index contributed by atoms with van der Waals surface area (Å²) in [7, 11) is 0. The van der Waals surface area contributed by atoms with Crippen LogP contribution in [-0.4, -0.2) is 30.3 Å². The number of rotatable bonds is 8. The average molecular weight is 244 g/mol. The van der Waals surface area contributed by atoms with Gasteiger partial charge < -0.3 is 15.8 Å². The van der Waals surface area contributed by atoms with Gasteiger partial charge in [-0.05, 0) is 60.4 Å². The third-order valence-electron chi connectivity index (χ3n) is 3.09. The molecule has 3 heteroatoms. The normalized spacial score (nSPS) is 17.8. The lowest BCUT2D eigenvalue weighted by Gasteiger charge is -2.37. The van der Waals surface area contributed by atoms with E-state index in [0.717, 1.165) is 25.9 Å². The Kier molecular flexibility index (Phi) is 7.29. The van der Waals surface area contributed by atoms with E-state index in [9.17, 15) is 0 Å². The summed E-state index contributed by atoms with van der Waals surface area (Å²) in [5.41, 5.74) is 5.80. The predicted octanol–water partition coefficient (Wildman–Crippen LogP) is 2.69. The molecule has 0 saturated carbocycles. The molecular weight excluding hydrogens is 212 g/mol. The quantitative estimate of drug-likeness (QED) is 0.690. The lowest BCUT2D eigenvalue weighted by Crippen LogP contribution is -2.52. The Hall–Kier alpha value is -0.120. The second-order valence-corrected chi connectivity index (χ2v) is 6.30. The lowest BCUT2D eigenvalue weighted by molar-refractivity contribution is 0.0432. The first-order chi connectivity index (χ1) is 7.72. The average Bonchev–Trinajstić information content (AvgIpc) is 2.15. The Morgan fingerprint density at radius 1 is 1.24 bits per heavy atom. The third kappa shape index (κ3) is 8.58. The molecule has 0 heterocycles. The van der Waals surface area contributed by atoms with Gasteiger partial charge in [0.25, 0.3) is 0 Å². The lowest BCUT2D eigenvalue weighted by atomic mass is 9.91. The van der Waals surface area contributed by atoms with E-state index in [1.807, 2.05) is 0 Å². The maximum atomic E-state index is 5.77. The van der Waals surface area contributed by atoms with Crippen LogP contribution in [-0.2, 0) is 4.74 Å². The summed E-state index contributed by atoms with van der Waals surface area (Å²) in [6.45, 7) is 14.7. The Labute approximate surface area is 107 Å². The van der Waals surface area contributed by atoms with E-state index in [0.29, 0.717) is 6.54 Å². The molecule has 0 bridgehead atoms. The van der Waals surface area contributed by atoms with Crippen molar-refractivity contribution in [2.24, 2.45) is 5.73 Å². The molecule has 0 spiro atoms. The summed E-state index contributed by atoms with van der Waals surface area (Å²) < 4.78 is 5.77. The van der Waals surface area contributed by atoms with Crippen LogP contribution < -0.4 is 11.1 Å². The van der Waals surface area contributed by atoms with Gasteiger partial charge in [0, 0.05) is 17.7 Å². The van der Waals surface area contributed by atoms with Crippen LogP contribution in [0.5, 0.6) is 0 Å². The molecule has 0 rings (SSSR count). The minimum Gasteiger partial charge on any atom is -0.378 e. The fourth-order valence-electron chi connectivity index (χ4n) is 2.04. The van der Waals surface area contributed by atoms with Crippen molar-refractivity contribution in [1.29, 1.82) is 0 Å². The van der Waals surface area contributed by atoms with Gasteiger partial charge in [0.2, 0.25) is 0 Å². The van der Waals surface area contributed by atoms with Crippen LogP contribution in [0, 0.1) is 0 Å². The number of ether oxygens (including phenoxy) is 1. The zero-order valence-electron chi connectivity index (χ0n) is 12.6. The molecule has 0 saturated heterocycles. The smallest absolute Gasteiger partial charge is 0.0559 e. The molecule has 2 atom stereocenters. The maximum absolute atomic E-state index is 5.77. The van der Waals surface area contributed by atoms with Crippen molar-refractivity contribution in [2.45, 2.75) is 78.0 Å². The van der Waals surface area contributed by atoms with Gasteiger partial charge in [-0.1, -0.05) is 6.92 Å². The molecule has 3 nitrogen and oxygen atoms in total.